The second-order valence-corrected chi connectivity index (χ2v) is 8.42. The minimum atomic E-state index is -0.582. The quantitative estimate of drug-likeness (QED) is 0.549. The predicted molar refractivity (Wildman–Crippen MR) is 129 cm³/mol. The molecule has 1 saturated heterocycles. The normalized spacial score (nSPS) is 13.7. The van der Waals surface area contributed by atoms with Gasteiger partial charge in [-0.2, -0.15) is 0 Å². The number of nitrogens with two attached hydrogens (primary N) is 1. The molecule has 186 valence electrons. The molecule has 3 rings (SSSR count). The van der Waals surface area contributed by atoms with E-state index in [-0.39, 0.29) is 42.4 Å². The molecular formula is C26H31N3O6. The molecule has 2 N–H and O–H groups in total. The molecule has 35 heavy (non-hydrogen) atoms. The first-order chi connectivity index (χ1) is 16.8. The Morgan fingerprint density at radius 1 is 1.06 bits per heavy atom. The van der Waals surface area contributed by atoms with Crippen molar-refractivity contribution in [3.63, 3.8) is 0 Å². The highest BCUT2D eigenvalue weighted by Gasteiger charge is 2.29. The SMILES string of the molecule is CCOC(=O)C1CCN(C(=O)CN(C)C(=O)c2cccc(COc3ccccc3C(N)=O)c2)CC1. The Morgan fingerprint density at radius 3 is 2.46 bits per heavy atom. The van der Waals surface area contributed by atoms with Crippen LogP contribution in [0.4, 0.5) is 0 Å². The maximum absolute atomic E-state index is 12.9. The molecule has 0 radical (unpaired) electrons. The van der Waals surface area contributed by atoms with Gasteiger partial charge in [0.2, 0.25) is 5.91 Å². The molecule has 1 aliphatic rings. The van der Waals surface area contributed by atoms with Crippen molar-refractivity contribution in [3.8, 4) is 5.75 Å². The van der Waals surface area contributed by atoms with Gasteiger partial charge in [0.05, 0.1) is 24.6 Å². The van der Waals surface area contributed by atoms with E-state index in [0.717, 1.165) is 5.56 Å². The van der Waals surface area contributed by atoms with Crippen LogP contribution in [-0.4, -0.2) is 66.8 Å². The fraction of sp³-hybridized carbons (Fsp3) is 0.385. The molecule has 3 amide bonds. The van der Waals surface area contributed by atoms with E-state index >= 15 is 0 Å². The van der Waals surface area contributed by atoms with E-state index in [1.165, 1.54) is 4.90 Å². The highest BCUT2D eigenvalue weighted by Crippen LogP contribution is 2.20. The van der Waals surface area contributed by atoms with Gasteiger partial charge in [-0.25, -0.2) is 0 Å². The molecule has 0 aromatic heterocycles. The standard InChI is InChI=1S/C26H31N3O6/c1-3-34-26(33)19-11-13-29(14-12-19)23(30)16-28(2)25(32)20-8-6-7-18(15-20)17-35-22-10-5-4-9-21(22)24(27)31/h4-10,15,19H,3,11-14,16-17H2,1-2H3,(H2,27,31). The van der Waals surface area contributed by atoms with Gasteiger partial charge in [0.1, 0.15) is 12.4 Å². The van der Waals surface area contributed by atoms with E-state index in [4.69, 9.17) is 15.2 Å². The van der Waals surface area contributed by atoms with Crippen molar-refractivity contribution in [1.82, 2.24) is 9.80 Å². The lowest BCUT2D eigenvalue weighted by Gasteiger charge is -2.32. The lowest BCUT2D eigenvalue weighted by atomic mass is 9.97. The van der Waals surface area contributed by atoms with Crippen LogP contribution in [0.5, 0.6) is 5.75 Å². The van der Waals surface area contributed by atoms with Crippen LogP contribution < -0.4 is 10.5 Å². The zero-order chi connectivity index (χ0) is 25.4. The van der Waals surface area contributed by atoms with Gasteiger partial charge in [-0.15, -0.1) is 0 Å². The van der Waals surface area contributed by atoms with E-state index in [0.29, 0.717) is 43.9 Å². The number of carbonyl (C=O) groups is 4. The number of amides is 3. The van der Waals surface area contributed by atoms with Gasteiger partial charge >= 0.3 is 5.97 Å². The highest BCUT2D eigenvalue weighted by molar-refractivity contribution is 5.96. The summed E-state index contributed by atoms with van der Waals surface area (Å²) < 4.78 is 10.8. The van der Waals surface area contributed by atoms with Crippen molar-refractivity contribution in [1.29, 1.82) is 0 Å². The molecule has 1 fully saturated rings. The Labute approximate surface area is 204 Å². The topological polar surface area (TPSA) is 119 Å². The predicted octanol–water partition coefficient (Wildman–Crippen LogP) is 2.24. The van der Waals surface area contributed by atoms with Gasteiger partial charge < -0.3 is 25.0 Å². The molecule has 9 heteroatoms. The van der Waals surface area contributed by atoms with Crippen LogP contribution in [0.15, 0.2) is 48.5 Å². The van der Waals surface area contributed by atoms with Gasteiger partial charge in [-0.3, -0.25) is 19.2 Å². The largest absolute Gasteiger partial charge is 0.488 e. The summed E-state index contributed by atoms with van der Waals surface area (Å²) in [5.74, 6) is -1.07. The van der Waals surface area contributed by atoms with Crippen LogP contribution in [0.2, 0.25) is 0 Å². The Balaban J connectivity index is 1.55. The molecule has 0 aliphatic carbocycles. The molecular weight excluding hydrogens is 450 g/mol. The van der Waals surface area contributed by atoms with Gasteiger partial charge in [0.25, 0.3) is 11.8 Å². The summed E-state index contributed by atoms with van der Waals surface area (Å²) in [4.78, 5) is 52.2. The monoisotopic (exact) mass is 481 g/mol. The molecule has 9 nitrogen and oxygen atoms in total. The molecule has 0 bridgehead atoms. The Kier molecular flexibility index (Phi) is 8.83. The maximum atomic E-state index is 12.9. The second-order valence-electron chi connectivity index (χ2n) is 8.42. The van der Waals surface area contributed by atoms with E-state index in [1.807, 2.05) is 6.07 Å². The number of primary amides is 1. The number of hydrogen-bond donors (Lipinski definition) is 1. The fourth-order valence-electron chi connectivity index (χ4n) is 3.97. The zero-order valence-corrected chi connectivity index (χ0v) is 20.1. The second kappa shape index (κ2) is 12.0. The number of rotatable bonds is 9. The van der Waals surface area contributed by atoms with E-state index < -0.39 is 5.91 Å². The van der Waals surface area contributed by atoms with E-state index in [1.54, 1.807) is 61.3 Å². The average Bonchev–Trinajstić information content (AvgIpc) is 2.87. The number of piperidine rings is 1. The molecule has 0 atom stereocenters. The minimum Gasteiger partial charge on any atom is -0.488 e. The molecule has 0 unspecified atom stereocenters. The fourth-order valence-corrected chi connectivity index (χ4v) is 3.97. The van der Waals surface area contributed by atoms with Gasteiger partial charge in [-0.05, 0) is 49.6 Å². The smallest absolute Gasteiger partial charge is 0.309 e. The number of likely N-dealkylation sites (N-methyl/N-ethyl adjacent to an activating group) is 1. The van der Waals surface area contributed by atoms with Crippen LogP contribution in [-0.2, 0) is 20.9 Å². The molecule has 1 heterocycles. The number of benzene rings is 2. The third-order valence-corrected chi connectivity index (χ3v) is 5.91. The summed E-state index contributed by atoms with van der Waals surface area (Å²) in [6, 6.07) is 13.6. The summed E-state index contributed by atoms with van der Waals surface area (Å²) in [7, 11) is 1.58. The Morgan fingerprint density at radius 2 is 1.77 bits per heavy atom. The van der Waals surface area contributed by atoms with Gasteiger partial charge in [-0.1, -0.05) is 24.3 Å². The van der Waals surface area contributed by atoms with E-state index in [9.17, 15) is 19.2 Å². The number of ether oxygens (including phenoxy) is 2. The van der Waals surface area contributed by atoms with E-state index in [2.05, 4.69) is 0 Å². The lowest BCUT2D eigenvalue weighted by Crippen LogP contribution is -2.45. The molecule has 2 aromatic rings. The Bertz CT molecular complexity index is 1080. The first-order valence-corrected chi connectivity index (χ1v) is 11.6. The molecule has 2 aromatic carbocycles. The number of carbonyl (C=O) groups excluding carboxylic acids is 4. The van der Waals surface area contributed by atoms with Crippen molar-refractivity contribution in [2.45, 2.75) is 26.4 Å². The van der Waals surface area contributed by atoms with Crippen LogP contribution >= 0.6 is 0 Å². The third kappa shape index (κ3) is 6.81. The summed E-state index contributed by atoms with van der Waals surface area (Å²) in [6.45, 7) is 3.13. The minimum absolute atomic E-state index is 0.0599. The molecule has 1 aliphatic heterocycles. The lowest BCUT2D eigenvalue weighted by molar-refractivity contribution is -0.151. The summed E-state index contributed by atoms with van der Waals surface area (Å²) >= 11 is 0. The van der Waals surface area contributed by atoms with Crippen LogP contribution in [0, 0.1) is 5.92 Å². The van der Waals surface area contributed by atoms with Gasteiger partial charge in [0, 0.05) is 25.7 Å². The van der Waals surface area contributed by atoms with Crippen molar-refractivity contribution in [2.75, 3.05) is 33.3 Å². The maximum Gasteiger partial charge on any atom is 0.309 e. The van der Waals surface area contributed by atoms with Crippen LogP contribution in [0.3, 0.4) is 0 Å². The third-order valence-electron chi connectivity index (χ3n) is 5.91. The summed E-state index contributed by atoms with van der Waals surface area (Å²) in [6.07, 6.45) is 1.12. The van der Waals surface area contributed by atoms with Crippen molar-refractivity contribution in [2.24, 2.45) is 11.7 Å². The van der Waals surface area contributed by atoms with Gasteiger partial charge in [0.15, 0.2) is 0 Å². The van der Waals surface area contributed by atoms with Crippen molar-refractivity contribution in [3.05, 3.63) is 65.2 Å². The van der Waals surface area contributed by atoms with Crippen LogP contribution in [0.25, 0.3) is 0 Å². The Hall–Kier alpha value is -3.88. The highest BCUT2D eigenvalue weighted by atomic mass is 16.5. The number of para-hydroxylation sites is 1. The first-order valence-electron chi connectivity index (χ1n) is 11.6. The number of likely N-dealkylation sites (tertiary alicyclic amines) is 1. The number of hydrogen-bond acceptors (Lipinski definition) is 6. The number of esters is 1. The van der Waals surface area contributed by atoms with Crippen molar-refractivity contribution < 1.29 is 28.7 Å². The molecule has 0 spiro atoms. The molecule has 0 saturated carbocycles. The average molecular weight is 482 g/mol. The zero-order valence-electron chi connectivity index (χ0n) is 20.1. The number of nitrogens with zero attached hydrogens (tertiary/aromatic N) is 2. The summed E-state index contributed by atoms with van der Waals surface area (Å²) in [5.41, 5.74) is 6.82. The van der Waals surface area contributed by atoms with Crippen molar-refractivity contribution >= 4 is 23.7 Å². The summed E-state index contributed by atoms with van der Waals surface area (Å²) in [5, 5.41) is 0. The van der Waals surface area contributed by atoms with Crippen LogP contribution in [0.1, 0.15) is 46.0 Å². The first kappa shape index (κ1) is 25.7.